The fraction of sp³-hybridized carbons (Fsp3) is 0.250. The third-order valence-corrected chi connectivity index (χ3v) is 4.53. The standard InChI is InChI=1S/C24H24N2O3/c1-18-5-4-7-20(17-18)28-15-16-29-23-10-9-19-6-2-3-8-21(19)22(23)12-14-26-24(27)11-13-25/h2-10,17H,11-12,14-16H2,1H3,(H,26,27). The zero-order valence-electron chi connectivity index (χ0n) is 16.5. The lowest BCUT2D eigenvalue weighted by atomic mass is 10.0. The summed E-state index contributed by atoms with van der Waals surface area (Å²) < 4.78 is 11.8. The summed E-state index contributed by atoms with van der Waals surface area (Å²) in [7, 11) is 0. The molecular weight excluding hydrogens is 364 g/mol. The van der Waals surface area contributed by atoms with Crippen molar-refractivity contribution in [2.75, 3.05) is 19.8 Å². The molecule has 3 rings (SSSR count). The van der Waals surface area contributed by atoms with Crippen LogP contribution in [0.2, 0.25) is 0 Å². The predicted octanol–water partition coefficient (Wildman–Crippen LogP) is 4.18. The molecule has 0 aliphatic rings. The van der Waals surface area contributed by atoms with Crippen molar-refractivity contribution in [3.63, 3.8) is 0 Å². The molecule has 0 spiro atoms. The van der Waals surface area contributed by atoms with E-state index in [0.29, 0.717) is 26.2 Å². The number of nitrogens with one attached hydrogen (secondary N) is 1. The molecule has 1 N–H and O–H groups in total. The van der Waals surface area contributed by atoms with E-state index < -0.39 is 0 Å². The Balaban J connectivity index is 1.66. The number of amides is 1. The molecule has 29 heavy (non-hydrogen) atoms. The third-order valence-electron chi connectivity index (χ3n) is 4.53. The maximum Gasteiger partial charge on any atom is 0.234 e. The molecule has 5 nitrogen and oxygen atoms in total. The van der Waals surface area contributed by atoms with E-state index in [4.69, 9.17) is 14.7 Å². The van der Waals surface area contributed by atoms with Crippen molar-refractivity contribution in [1.82, 2.24) is 5.32 Å². The summed E-state index contributed by atoms with van der Waals surface area (Å²) in [4.78, 5) is 11.6. The van der Waals surface area contributed by atoms with E-state index in [0.717, 1.165) is 33.4 Å². The van der Waals surface area contributed by atoms with Gasteiger partial charge in [-0.2, -0.15) is 5.26 Å². The minimum absolute atomic E-state index is 0.130. The molecule has 0 fully saturated rings. The molecule has 0 saturated heterocycles. The molecular formula is C24H24N2O3. The summed E-state index contributed by atoms with van der Waals surface area (Å²) in [5.41, 5.74) is 2.19. The maximum absolute atomic E-state index is 11.6. The molecule has 3 aromatic carbocycles. The summed E-state index contributed by atoms with van der Waals surface area (Å²) in [6.45, 7) is 3.33. The molecule has 0 radical (unpaired) electrons. The van der Waals surface area contributed by atoms with Gasteiger partial charge in [0, 0.05) is 12.1 Å². The first-order chi connectivity index (χ1) is 14.2. The van der Waals surface area contributed by atoms with Gasteiger partial charge in [-0.1, -0.05) is 42.5 Å². The van der Waals surface area contributed by atoms with Crippen LogP contribution >= 0.6 is 0 Å². The Bertz CT molecular complexity index is 1020. The maximum atomic E-state index is 11.6. The van der Waals surface area contributed by atoms with Gasteiger partial charge < -0.3 is 14.8 Å². The van der Waals surface area contributed by atoms with Crippen LogP contribution in [0, 0.1) is 18.3 Å². The third kappa shape index (κ3) is 5.73. The molecule has 3 aromatic rings. The molecule has 0 unspecified atom stereocenters. The highest BCUT2D eigenvalue weighted by Gasteiger charge is 2.10. The Kier molecular flexibility index (Phi) is 7.07. The number of nitriles is 1. The average Bonchev–Trinajstić information content (AvgIpc) is 2.72. The van der Waals surface area contributed by atoms with Crippen molar-refractivity contribution in [2.24, 2.45) is 0 Å². The Morgan fingerprint density at radius 2 is 1.86 bits per heavy atom. The summed E-state index contributed by atoms with van der Waals surface area (Å²) >= 11 is 0. The van der Waals surface area contributed by atoms with Gasteiger partial charge in [-0.25, -0.2) is 0 Å². The molecule has 0 saturated carbocycles. The molecule has 148 valence electrons. The molecule has 5 heteroatoms. The fourth-order valence-corrected chi connectivity index (χ4v) is 3.19. The minimum atomic E-state index is -0.262. The van der Waals surface area contributed by atoms with Crippen LogP contribution in [0.1, 0.15) is 17.5 Å². The van der Waals surface area contributed by atoms with Gasteiger partial charge >= 0.3 is 0 Å². The van der Waals surface area contributed by atoms with Gasteiger partial charge in [-0.3, -0.25) is 4.79 Å². The molecule has 0 aliphatic heterocycles. The van der Waals surface area contributed by atoms with E-state index >= 15 is 0 Å². The van der Waals surface area contributed by atoms with E-state index in [9.17, 15) is 4.79 Å². The SMILES string of the molecule is Cc1cccc(OCCOc2ccc3ccccc3c2CCNC(=O)CC#N)c1. The number of hydrogen-bond acceptors (Lipinski definition) is 4. The van der Waals surface area contributed by atoms with Crippen LogP contribution in [-0.2, 0) is 11.2 Å². The largest absolute Gasteiger partial charge is 0.490 e. The molecule has 0 bridgehead atoms. The first-order valence-corrected chi connectivity index (χ1v) is 9.64. The lowest BCUT2D eigenvalue weighted by Gasteiger charge is -2.15. The molecule has 0 aliphatic carbocycles. The fourth-order valence-electron chi connectivity index (χ4n) is 3.19. The van der Waals surface area contributed by atoms with Crippen molar-refractivity contribution in [1.29, 1.82) is 5.26 Å². The monoisotopic (exact) mass is 388 g/mol. The normalized spacial score (nSPS) is 10.3. The highest BCUT2D eigenvalue weighted by Crippen LogP contribution is 2.28. The first kappa shape index (κ1) is 20.2. The van der Waals surface area contributed by atoms with Gasteiger partial charge in [-0.05, 0) is 47.9 Å². The van der Waals surface area contributed by atoms with Crippen LogP contribution in [-0.4, -0.2) is 25.7 Å². The quantitative estimate of drug-likeness (QED) is 0.558. The van der Waals surface area contributed by atoms with Gasteiger partial charge in [-0.15, -0.1) is 0 Å². The predicted molar refractivity (Wildman–Crippen MR) is 113 cm³/mol. The minimum Gasteiger partial charge on any atom is -0.490 e. The number of carbonyl (C=O) groups is 1. The lowest BCUT2D eigenvalue weighted by molar-refractivity contribution is -0.120. The Morgan fingerprint density at radius 3 is 2.69 bits per heavy atom. The summed E-state index contributed by atoms with van der Waals surface area (Å²) in [5, 5.41) is 13.6. The van der Waals surface area contributed by atoms with E-state index in [2.05, 4.69) is 17.4 Å². The highest BCUT2D eigenvalue weighted by atomic mass is 16.5. The van der Waals surface area contributed by atoms with Gasteiger partial charge in [0.1, 0.15) is 31.1 Å². The zero-order chi connectivity index (χ0) is 20.5. The Labute approximate surface area is 170 Å². The second-order valence-electron chi connectivity index (χ2n) is 6.71. The van der Waals surface area contributed by atoms with Gasteiger partial charge in [0.05, 0.1) is 6.07 Å². The highest BCUT2D eigenvalue weighted by molar-refractivity contribution is 5.88. The summed E-state index contributed by atoms with van der Waals surface area (Å²) in [6.07, 6.45) is 0.488. The van der Waals surface area contributed by atoms with Crippen LogP contribution in [0.15, 0.2) is 60.7 Å². The number of nitrogens with zero attached hydrogens (tertiary/aromatic N) is 1. The van der Waals surface area contributed by atoms with E-state index in [1.54, 1.807) is 0 Å². The van der Waals surface area contributed by atoms with Crippen molar-refractivity contribution >= 4 is 16.7 Å². The van der Waals surface area contributed by atoms with Crippen LogP contribution in [0.3, 0.4) is 0 Å². The van der Waals surface area contributed by atoms with Crippen LogP contribution in [0.25, 0.3) is 10.8 Å². The van der Waals surface area contributed by atoms with Crippen molar-refractivity contribution < 1.29 is 14.3 Å². The second-order valence-corrected chi connectivity index (χ2v) is 6.71. The summed E-state index contributed by atoms with van der Waals surface area (Å²) in [6, 6.07) is 21.9. The summed E-state index contributed by atoms with van der Waals surface area (Å²) in [5.74, 6) is 1.35. The average molecular weight is 388 g/mol. The molecule has 0 heterocycles. The number of ether oxygens (including phenoxy) is 2. The van der Waals surface area contributed by atoms with Gasteiger partial charge in [0.15, 0.2) is 0 Å². The van der Waals surface area contributed by atoms with Crippen LogP contribution < -0.4 is 14.8 Å². The van der Waals surface area contributed by atoms with Crippen LogP contribution in [0.4, 0.5) is 0 Å². The number of hydrogen-bond donors (Lipinski definition) is 1. The van der Waals surface area contributed by atoms with Crippen molar-refractivity contribution in [3.05, 3.63) is 71.8 Å². The van der Waals surface area contributed by atoms with E-state index in [1.807, 2.05) is 61.5 Å². The molecule has 1 amide bonds. The van der Waals surface area contributed by atoms with Gasteiger partial charge in [0.25, 0.3) is 0 Å². The molecule has 0 aromatic heterocycles. The van der Waals surface area contributed by atoms with E-state index in [1.165, 1.54) is 0 Å². The Hall–Kier alpha value is -3.52. The van der Waals surface area contributed by atoms with Crippen LogP contribution in [0.5, 0.6) is 11.5 Å². The topological polar surface area (TPSA) is 71.3 Å². The smallest absolute Gasteiger partial charge is 0.234 e. The number of fused-ring (bicyclic) bond motifs is 1. The Morgan fingerprint density at radius 1 is 1.03 bits per heavy atom. The molecule has 0 atom stereocenters. The van der Waals surface area contributed by atoms with Crippen molar-refractivity contribution in [2.45, 2.75) is 19.8 Å². The number of carbonyl (C=O) groups excluding carboxylic acids is 1. The van der Waals surface area contributed by atoms with E-state index in [-0.39, 0.29) is 12.3 Å². The first-order valence-electron chi connectivity index (χ1n) is 9.64. The second kappa shape index (κ2) is 10.1. The number of rotatable bonds is 9. The van der Waals surface area contributed by atoms with Gasteiger partial charge in [0.2, 0.25) is 5.91 Å². The zero-order valence-corrected chi connectivity index (χ0v) is 16.5. The lowest BCUT2D eigenvalue weighted by Crippen LogP contribution is -2.25. The number of benzene rings is 3. The number of aryl methyl sites for hydroxylation is 1. The van der Waals surface area contributed by atoms with Crippen molar-refractivity contribution in [3.8, 4) is 17.6 Å².